The van der Waals surface area contributed by atoms with Crippen LogP contribution >= 0.6 is 11.6 Å². The fourth-order valence-electron chi connectivity index (χ4n) is 2.11. The van der Waals surface area contributed by atoms with Crippen molar-refractivity contribution in [2.24, 2.45) is 10.9 Å². The molecule has 1 aliphatic carbocycles. The Morgan fingerprint density at radius 3 is 2.83 bits per heavy atom. The summed E-state index contributed by atoms with van der Waals surface area (Å²) < 4.78 is 11.3. The van der Waals surface area contributed by atoms with Crippen LogP contribution in [-0.4, -0.2) is 57.9 Å². The number of hydrogen-bond acceptors (Lipinski definition) is 3. The molecule has 0 atom stereocenters. The van der Waals surface area contributed by atoms with E-state index in [1.54, 1.807) is 7.05 Å². The van der Waals surface area contributed by atoms with E-state index < -0.39 is 0 Å². The third-order valence-corrected chi connectivity index (χ3v) is 3.99. The van der Waals surface area contributed by atoms with Crippen molar-refractivity contribution in [3.63, 3.8) is 0 Å². The number of guanidine groups is 1. The summed E-state index contributed by atoms with van der Waals surface area (Å²) in [4.78, 5) is 6.33. The lowest BCUT2D eigenvalue weighted by Gasteiger charge is -2.22. The molecule has 0 spiro atoms. The molecule has 1 saturated carbocycles. The van der Waals surface area contributed by atoms with Crippen LogP contribution < -0.4 is 10.1 Å². The van der Waals surface area contributed by atoms with Crippen molar-refractivity contribution < 1.29 is 9.47 Å². The van der Waals surface area contributed by atoms with Crippen LogP contribution in [0.3, 0.4) is 0 Å². The highest BCUT2D eigenvalue weighted by Gasteiger charge is 2.21. The molecule has 128 valence electrons. The van der Waals surface area contributed by atoms with Gasteiger partial charge in [-0.3, -0.25) is 4.99 Å². The molecular formula is C17H26ClN3O2. The van der Waals surface area contributed by atoms with Gasteiger partial charge in [-0.25, -0.2) is 0 Å². The molecule has 6 heteroatoms. The average molecular weight is 340 g/mol. The van der Waals surface area contributed by atoms with E-state index >= 15 is 0 Å². The molecule has 1 N–H and O–H groups in total. The van der Waals surface area contributed by atoms with Gasteiger partial charge in [-0.2, -0.15) is 0 Å². The van der Waals surface area contributed by atoms with E-state index in [2.05, 4.69) is 15.2 Å². The number of aliphatic imine (C=N–C) groups is 1. The Bertz CT molecular complexity index is 506. The summed E-state index contributed by atoms with van der Waals surface area (Å²) in [6, 6.07) is 7.47. The predicted octanol–water partition coefficient (Wildman–Crippen LogP) is 2.65. The SMILES string of the molecule is CN=C(NCCOc1ccccc1Cl)N(C)CCOCC1CC1. The number of benzene rings is 1. The van der Waals surface area contributed by atoms with Crippen molar-refractivity contribution in [2.75, 3.05) is 47.0 Å². The van der Waals surface area contributed by atoms with Crippen LogP contribution in [0.15, 0.2) is 29.3 Å². The molecule has 0 radical (unpaired) electrons. The van der Waals surface area contributed by atoms with Gasteiger partial charge in [0.15, 0.2) is 5.96 Å². The Hall–Kier alpha value is -1.46. The fraction of sp³-hybridized carbons (Fsp3) is 0.588. The minimum Gasteiger partial charge on any atom is -0.490 e. The van der Waals surface area contributed by atoms with Crippen molar-refractivity contribution in [3.8, 4) is 5.75 Å². The number of para-hydroxylation sites is 1. The van der Waals surface area contributed by atoms with Gasteiger partial charge in [0.05, 0.1) is 18.2 Å². The molecule has 1 aromatic carbocycles. The molecule has 0 amide bonds. The van der Waals surface area contributed by atoms with Gasteiger partial charge >= 0.3 is 0 Å². The number of halogens is 1. The zero-order valence-electron chi connectivity index (χ0n) is 13.9. The minimum absolute atomic E-state index is 0.523. The molecule has 0 bridgehead atoms. The van der Waals surface area contributed by atoms with Crippen LogP contribution in [-0.2, 0) is 4.74 Å². The van der Waals surface area contributed by atoms with Gasteiger partial charge in [0, 0.05) is 27.2 Å². The second-order valence-electron chi connectivity index (χ2n) is 5.69. The topological polar surface area (TPSA) is 46.1 Å². The van der Waals surface area contributed by atoms with Gasteiger partial charge in [-0.15, -0.1) is 0 Å². The van der Waals surface area contributed by atoms with Gasteiger partial charge in [-0.1, -0.05) is 23.7 Å². The summed E-state index contributed by atoms with van der Waals surface area (Å²) in [6.07, 6.45) is 2.65. The lowest BCUT2D eigenvalue weighted by molar-refractivity contribution is 0.115. The van der Waals surface area contributed by atoms with E-state index in [4.69, 9.17) is 21.1 Å². The molecule has 1 fully saturated rings. The third kappa shape index (κ3) is 6.67. The van der Waals surface area contributed by atoms with Crippen molar-refractivity contribution in [2.45, 2.75) is 12.8 Å². The summed E-state index contributed by atoms with van der Waals surface area (Å²) in [6.45, 7) is 3.62. The van der Waals surface area contributed by atoms with Crippen LogP contribution in [0.5, 0.6) is 5.75 Å². The van der Waals surface area contributed by atoms with Crippen molar-refractivity contribution >= 4 is 17.6 Å². The van der Waals surface area contributed by atoms with E-state index in [-0.39, 0.29) is 0 Å². The molecular weight excluding hydrogens is 314 g/mol. The molecule has 5 nitrogen and oxygen atoms in total. The molecule has 0 aromatic heterocycles. The predicted molar refractivity (Wildman–Crippen MR) is 94.5 cm³/mol. The summed E-state index contributed by atoms with van der Waals surface area (Å²) >= 11 is 6.05. The maximum atomic E-state index is 6.05. The van der Waals surface area contributed by atoms with E-state index in [1.165, 1.54) is 12.8 Å². The smallest absolute Gasteiger partial charge is 0.193 e. The molecule has 0 heterocycles. The zero-order valence-corrected chi connectivity index (χ0v) is 14.7. The lowest BCUT2D eigenvalue weighted by Crippen LogP contribution is -2.42. The van der Waals surface area contributed by atoms with Crippen LogP contribution in [0.25, 0.3) is 0 Å². The number of rotatable bonds is 9. The molecule has 23 heavy (non-hydrogen) atoms. The highest BCUT2D eigenvalue weighted by Crippen LogP contribution is 2.28. The molecule has 0 saturated heterocycles. The monoisotopic (exact) mass is 339 g/mol. The normalized spacial score (nSPS) is 14.7. The first-order valence-corrected chi connectivity index (χ1v) is 8.45. The van der Waals surface area contributed by atoms with Crippen LogP contribution in [0.2, 0.25) is 5.02 Å². The number of ether oxygens (including phenoxy) is 2. The molecule has 0 aliphatic heterocycles. The maximum Gasteiger partial charge on any atom is 0.193 e. The second kappa shape index (κ2) is 9.63. The fourth-order valence-corrected chi connectivity index (χ4v) is 2.30. The largest absolute Gasteiger partial charge is 0.490 e. The van der Waals surface area contributed by atoms with Crippen molar-refractivity contribution in [1.29, 1.82) is 0 Å². The Labute approximate surface area is 143 Å². The summed E-state index contributed by atoms with van der Waals surface area (Å²) in [5.41, 5.74) is 0. The standard InChI is InChI=1S/C17H26ClN3O2/c1-19-17(21(2)10-12-22-13-14-7-8-14)20-9-11-23-16-6-4-3-5-15(16)18/h3-6,14H,7-13H2,1-2H3,(H,19,20). The van der Waals surface area contributed by atoms with Crippen LogP contribution in [0, 0.1) is 5.92 Å². The highest BCUT2D eigenvalue weighted by atomic mass is 35.5. The number of likely N-dealkylation sites (N-methyl/N-ethyl adjacent to an activating group) is 1. The maximum absolute atomic E-state index is 6.05. The quantitative estimate of drug-likeness (QED) is 0.427. The number of nitrogens with one attached hydrogen (secondary N) is 1. The summed E-state index contributed by atoms with van der Waals surface area (Å²) in [5, 5.41) is 3.90. The molecule has 2 rings (SSSR count). The van der Waals surface area contributed by atoms with Crippen molar-refractivity contribution in [3.05, 3.63) is 29.3 Å². The first-order valence-electron chi connectivity index (χ1n) is 8.07. The van der Waals surface area contributed by atoms with E-state index in [0.717, 1.165) is 31.6 Å². The van der Waals surface area contributed by atoms with Gasteiger partial charge in [0.1, 0.15) is 12.4 Å². The summed E-state index contributed by atoms with van der Waals surface area (Å²) in [7, 11) is 3.78. The van der Waals surface area contributed by atoms with Gasteiger partial charge in [0.25, 0.3) is 0 Å². The molecule has 1 aromatic rings. The molecule has 0 unspecified atom stereocenters. The Balaban J connectivity index is 1.60. The average Bonchev–Trinajstić information content (AvgIpc) is 3.37. The van der Waals surface area contributed by atoms with E-state index in [9.17, 15) is 0 Å². The zero-order chi connectivity index (χ0) is 16.5. The van der Waals surface area contributed by atoms with Crippen molar-refractivity contribution in [1.82, 2.24) is 10.2 Å². The Kier molecular flexibility index (Phi) is 7.49. The Morgan fingerprint density at radius 2 is 2.13 bits per heavy atom. The third-order valence-electron chi connectivity index (χ3n) is 3.67. The second-order valence-corrected chi connectivity index (χ2v) is 6.10. The Morgan fingerprint density at radius 1 is 1.35 bits per heavy atom. The van der Waals surface area contributed by atoms with E-state index in [1.807, 2.05) is 31.3 Å². The highest BCUT2D eigenvalue weighted by molar-refractivity contribution is 6.32. The minimum atomic E-state index is 0.523. The van der Waals surface area contributed by atoms with Gasteiger partial charge in [0.2, 0.25) is 0 Å². The van der Waals surface area contributed by atoms with Crippen LogP contribution in [0.4, 0.5) is 0 Å². The number of nitrogens with zero attached hydrogens (tertiary/aromatic N) is 2. The number of hydrogen-bond donors (Lipinski definition) is 1. The first kappa shape index (κ1) is 17.9. The lowest BCUT2D eigenvalue weighted by atomic mass is 10.3. The van der Waals surface area contributed by atoms with Crippen LogP contribution in [0.1, 0.15) is 12.8 Å². The van der Waals surface area contributed by atoms with Gasteiger partial charge < -0.3 is 19.7 Å². The van der Waals surface area contributed by atoms with Gasteiger partial charge in [-0.05, 0) is 30.9 Å². The molecule has 1 aliphatic rings. The first-order chi connectivity index (χ1) is 11.2. The van der Waals surface area contributed by atoms with E-state index in [0.29, 0.717) is 23.9 Å². The summed E-state index contributed by atoms with van der Waals surface area (Å²) in [5.74, 6) is 2.34.